The minimum Gasteiger partial charge on any atom is -0.490 e. The Hall–Kier alpha value is -2.96. The molecule has 0 bridgehead atoms. The number of aromatic amines is 1. The van der Waals surface area contributed by atoms with Crippen LogP contribution < -0.4 is 4.74 Å². The first kappa shape index (κ1) is 26.1. The van der Waals surface area contributed by atoms with Crippen molar-refractivity contribution < 1.29 is 14.6 Å². The van der Waals surface area contributed by atoms with Crippen molar-refractivity contribution in [2.75, 3.05) is 0 Å². The molecule has 1 atom stereocenters. The predicted octanol–water partition coefficient (Wildman–Crippen LogP) is 7.60. The second-order valence-corrected chi connectivity index (χ2v) is 10.1. The molecule has 6 nitrogen and oxygen atoms in total. The number of carboxylic acid groups (broad SMARTS) is 1. The van der Waals surface area contributed by atoms with Crippen molar-refractivity contribution in [3.63, 3.8) is 0 Å². The normalized spacial score (nSPS) is 12.3. The topological polar surface area (TPSA) is 80.1 Å². The van der Waals surface area contributed by atoms with Gasteiger partial charge in [-0.05, 0) is 81.8 Å². The Morgan fingerprint density at radius 2 is 1.81 bits per heavy atom. The third kappa shape index (κ3) is 4.72. The number of hydrogen-bond donors (Lipinski definition) is 2. The standard InChI is InChI=1S/C28H31Cl2N3O3/c1-7-18(36-19-12-14(2)25(30)15(3)13-19)8-9-21-20-10-11-22(29)24(26(20)31-27(21)28(34)35)23-16(4)32-33(6)17(23)5/h10-13,18,31H,7-9H2,1-6H3,(H,34,35). The molecule has 2 N–H and O–H groups in total. The maximum atomic E-state index is 12.2. The summed E-state index contributed by atoms with van der Waals surface area (Å²) in [5.74, 6) is -0.226. The van der Waals surface area contributed by atoms with E-state index in [1.165, 1.54) is 0 Å². The molecule has 36 heavy (non-hydrogen) atoms. The number of fused-ring (bicyclic) bond motifs is 1. The average molecular weight is 528 g/mol. The number of hydrogen-bond acceptors (Lipinski definition) is 3. The van der Waals surface area contributed by atoms with E-state index in [9.17, 15) is 9.90 Å². The van der Waals surface area contributed by atoms with Gasteiger partial charge in [0.15, 0.2) is 0 Å². The summed E-state index contributed by atoms with van der Waals surface area (Å²) in [5.41, 5.74) is 7.08. The molecule has 4 rings (SSSR count). The maximum absolute atomic E-state index is 12.2. The molecule has 0 aliphatic carbocycles. The van der Waals surface area contributed by atoms with Gasteiger partial charge in [0, 0.05) is 34.3 Å². The van der Waals surface area contributed by atoms with Crippen molar-refractivity contribution in [1.29, 1.82) is 0 Å². The number of H-pyrrole nitrogens is 1. The highest BCUT2D eigenvalue weighted by Gasteiger charge is 2.24. The number of benzene rings is 2. The smallest absolute Gasteiger partial charge is 0.352 e. The van der Waals surface area contributed by atoms with E-state index in [-0.39, 0.29) is 11.8 Å². The van der Waals surface area contributed by atoms with Gasteiger partial charge >= 0.3 is 5.97 Å². The molecule has 0 saturated carbocycles. The minimum absolute atomic E-state index is 0.0776. The van der Waals surface area contributed by atoms with Gasteiger partial charge in [0.05, 0.1) is 22.3 Å². The molecule has 2 aromatic carbocycles. The average Bonchev–Trinajstić information content (AvgIpc) is 3.31. The van der Waals surface area contributed by atoms with Crippen LogP contribution in [0.1, 0.15) is 58.3 Å². The lowest BCUT2D eigenvalue weighted by Gasteiger charge is -2.19. The molecular formula is C28H31Cl2N3O3. The van der Waals surface area contributed by atoms with Crippen LogP contribution in [0.4, 0.5) is 0 Å². The monoisotopic (exact) mass is 527 g/mol. The van der Waals surface area contributed by atoms with Crippen molar-refractivity contribution in [3.8, 4) is 16.9 Å². The Balaban J connectivity index is 1.72. The number of aromatic nitrogens is 3. The highest BCUT2D eigenvalue weighted by Crippen LogP contribution is 2.40. The van der Waals surface area contributed by atoms with Gasteiger partial charge in [-0.3, -0.25) is 4.68 Å². The van der Waals surface area contributed by atoms with Crippen LogP contribution in [0.5, 0.6) is 5.75 Å². The fourth-order valence-electron chi connectivity index (χ4n) is 4.93. The number of ether oxygens (including phenoxy) is 1. The van der Waals surface area contributed by atoms with Crippen LogP contribution in [0.15, 0.2) is 24.3 Å². The second kappa shape index (κ2) is 10.2. The molecule has 2 aromatic heterocycles. The lowest BCUT2D eigenvalue weighted by molar-refractivity contribution is 0.0690. The summed E-state index contributed by atoms with van der Waals surface area (Å²) in [4.78, 5) is 15.4. The van der Waals surface area contributed by atoms with Crippen LogP contribution in [0.2, 0.25) is 10.0 Å². The molecule has 0 aliphatic heterocycles. The van der Waals surface area contributed by atoms with E-state index in [1.54, 1.807) is 0 Å². The number of aryl methyl sites for hydroxylation is 5. The van der Waals surface area contributed by atoms with Crippen molar-refractivity contribution in [2.24, 2.45) is 7.05 Å². The number of nitrogens with one attached hydrogen (secondary N) is 1. The maximum Gasteiger partial charge on any atom is 0.352 e. The van der Waals surface area contributed by atoms with Crippen LogP contribution in [0, 0.1) is 27.7 Å². The van der Waals surface area contributed by atoms with Gasteiger partial charge in [-0.1, -0.05) is 36.2 Å². The van der Waals surface area contributed by atoms with Crippen LogP contribution >= 0.6 is 23.2 Å². The second-order valence-electron chi connectivity index (χ2n) is 9.36. The summed E-state index contributed by atoms with van der Waals surface area (Å²) in [6.45, 7) is 9.91. The molecule has 0 saturated heterocycles. The number of nitrogens with zero attached hydrogens (tertiary/aromatic N) is 2. The Labute approximate surface area is 221 Å². The summed E-state index contributed by atoms with van der Waals surface area (Å²) in [7, 11) is 1.89. The van der Waals surface area contributed by atoms with E-state index < -0.39 is 5.97 Å². The largest absolute Gasteiger partial charge is 0.490 e. The number of carbonyl (C=O) groups is 1. The molecule has 0 radical (unpaired) electrons. The van der Waals surface area contributed by atoms with E-state index in [0.717, 1.165) is 61.8 Å². The lowest BCUT2D eigenvalue weighted by atomic mass is 9.97. The van der Waals surface area contributed by atoms with Crippen LogP contribution in [-0.4, -0.2) is 31.9 Å². The molecule has 0 fully saturated rings. The lowest BCUT2D eigenvalue weighted by Crippen LogP contribution is -2.17. The fourth-order valence-corrected chi connectivity index (χ4v) is 5.30. The zero-order valence-electron chi connectivity index (χ0n) is 21.4. The van der Waals surface area contributed by atoms with E-state index in [2.05, 4.69) is 17.0 Å². The molecule has 8 heteroatoms. The van der Waals surface area contributed by atoms with Gasteiger partial charge in [-0.2, -0.15) is 5.10 Å². The van der Waals surface area contributed by atoms with Gasteiger partial charge in [0.1, 0.15) is 11.4 Å². The number of carboxylic acids is 1. The third-order valence-electron chi connectivity index (χ3n) is 6.89. The summed E-state index contributed by atoms with van der Waals surface area (Å²) in [6, 6.07) is 7.62. The van der Waals surface area contributed by atoms with Gasteiger partial charge in [0.2, 0.25) is 0 Å². The molecular weight excluding hydrogens is 497 g/mol. The molecule has 4 aromatic rings. The van der Waals surface area contributed by atoms with Crippen LogP contribution in [-0.2, 0) is 13.5 Å². The first-order chi connectivity index (χ1) is 17.0. The molecule has 1 unspecified atom stereocenters. The Bertz CT molecular complexity index is 1450. The predicted molar refractivity (Wildman–Crippen MR) is 146 cm³/mol. The molecule has 0 spiro atoms. The highest BCUT2D eigenvalue weighted by molar-refractivity contribution is 6.35. The van der Waals surface area contributed by atoms with E-state index in [0.29, 0.717) is 23.4 Å². The Morgan fingerprint density at radius 3 is 2.36 bits per heavy atom. The minimum atomic E-state index is -0.999. The Morgan fingerprint density at radius 1 is 1.14 bits per heavy atom. The van der Waals surface area contributed by atoms with E-state index >= 15 is 0 Å². The van der Waals surface area contributed by atoms with Crippen molar-refractivity contribution >= 4 is 40.1 Å². The molecule has 190 valence electrons. The van der Waals surface area contributed by atoms with Crippen molar-refractivity contribution in [2.45, 2.75) is 60.0 Å². The molecule has 0 amide bonds. The zero-order valence-corrected chi connectivity index (χ0v) is 22.9. The first-order valence-corrected chi connectivity index (χ1v) is 12.8. The molecule has 2 heterocycles. The van der Waals surface area contributed by atoms with Crippen LogP contribution in [0.3, 0.4) is 0 Å². The van der Waals surface area contributed by atoms with E-state index in [1.807, 2.05) is 63.7 Å². The Kier molecular flexibility index (Phi) is 7.39. The number of halogens is 2. The fraction of sp³-hybridized carbons (Fsp3) is 0.357. The summed E-state index contributed by atoms with van der Waals surface area (Å²) < 4.78 is 8.10. The van der Waals surface area contributed by atoms with Gasteiger partial charge in [0.25, 0.3) is 0 Å². The number of aromatic carboxylic acids is 1. The number of rotatable bonds is 8. The molecule has 0 aliphatic rings. The summed E-state index contributed by atoms with van der Waals surface area (Å²) in [5, 5.41) is 16.7. The van der Waals surface area contributed by atoms with Gasteiger partial charge in [-0.25, -0.2) is 4.79 Å². The van der Waals surface area contributed by atoms with Gasteiger partial charge < -0.3 is 14.8 Å². The zero-order chi connectivity index (χ0) is 26.3. The van der Waals surface area contributed by atoms with Crippen molar-refractivity contribution in [3.05, 3.63) is 68.1 Å². The van der Waals surface area contributed by atoms with Gasteiger partial charge in [-0.15, -0.1) is 0 Å². The van der Waals surface area contributed by atoms with E-state index in [4.69, 9.17) is 27.9 Å². The first-order valence-electron chi connectivity index (χ1n) is 12.0. The summed E-state index contributed by atoms with van der Waals surface area (Å²) in [6.07, 6.45) is 1.91. The van der Waals surface area contributed by atoms with Crippen molar-refractivity contribution in [1.82, 2.24) is 14.8 Å². The summed E-state index contributed by atoms with van der Waals surface area (Å²) >= 11 is 13.0. The highest BCUT2D eigenvalue weighted by atomic mass is 35.5. The SMILES string of the molecule is CCC(CCc1c(C(=O)O)[nH]c2c(-c3c(C)nn(C)c3C)c(Cl)ccc12)Oc1cc(C)c(Cl)c(C)c1. The quantitative estimate of drug-likeness (QED) is 0.247. The third-order valence-corrected chi connectivity index (χ3v) is 7.80. The van der Waals surface area contributed by atoms with Crippen LogP contribution in [0.25, 0.3) is 22.0 Å².